The van der Waals surface area contributed by atoms with E-state index in [9.17, 15) is 9.59 Å². The van der Waals surface area contributed by atoms with E-state index in [0.717, 1.165) is 0 Å². The molecule has 1 unspecified atom stereocenters. The lowest BCUT2D eigenvalue weighted by Gasteiger charge is -2.16. The molecule has 1 rings (SSSR count). The molecule has 0 aromatic rings. The molecule has 1 fully saturated rings. The summed E-state index contributed by atoms with van der Waals surface area (Å²) in [5.41, 5.74) is 0. The summed E-state index contributed by atoms with van der Waals surface area (Å²) in [7, 11) is 2.79. The van der Waals surface area contributed by atoms with Gasteiger partial charge in [0.05, 0.1) is 13.5 Å². The first-order valence-corrected chi connectivity index (χ1v) is 4.99. The molecule has 0 spiro atoms. The van der Waals surface area contributed by atoms with Gasteiger partial charge in [-0.05, 0) is 0 Å². The minimum atomic E-state index is -0.499. The van der Waals surface area contributed by atoms with Crippen LogP contribution >= 0.6 is 0 Å². The molecule has 1 aliphatic heterocycles. The minimum absolute atomic E-state index is 0.0499. The highest BCUT2D eigenvalue weighted by Gasteiger charge is 2.39. The molecule has 0 bridgehead atoms. The molecule has 6 nitrogen and oxygen atoms in total. The molecule has 1 aliphatic rings. The summed E-state index contributed by atoms with van der Waals surface area (Å²) in [4.78, 5) is 22.0. The van der Waals surface area contributed by atoms with Crippen molar-refractivity contribution in [1.29, 1.82) is 0 Å². The number of methoxy groups -OCH3 is 2. The quantitative estimate of drug-likeness (QED) is 0.647. The highest BCUT2D eigenvalue weighted by atomic mass is 16.7. The van der Waals surface area contributed by atoms with Gasteiger partial charge in [0.1, 0.15) is 12.2 Å². The van der Waals surface area contributed by atoms with Crippen molar-refractivity contribution in [3.05, 3.63) is 0 Å². The van der Waals surface area contributed by atoms with Gasteiger partial charge < -0.3 is 18.9 Å². The fraction of sp³-hybridized carbons (Fsp3) is 0.800. The maximum absolute atomic E-state index is 11.1. The van der Waals surface area contributed by atoms with E-state index in [1.54, 1.807) is 0 Å². The van der Waals surface area contributed by atoms with Crippen LogP contribution in [0.25, 0.3) is 0 Å². The van der Waals surface area contributed by atoms with Crippen LogP contribution in [0.2, 0.25) is 0 Å². The van der Waals surface area contributed by atoms with Crippen molar-refractivity contribution in [3.63, 3.8) is 0 Å². The lowest BCUT2D eigenvalue weighted by Crippen LogP contribution is -2.29. The van der Waals surface area contributed by atoms with Gasteiger partial charge in [0.15, 0.2) is 6.29 Å². The van der Waals surface area contributed by atoms with Crippen molar-refractivity contribution < 1.29 is 28.5 Å². The zero-order valence-corrected chi connectivity index (χ0v) is 9.60. The molecule has 0 aromatic heterocycles. The van der Waals surface area contributed by atoms with Gasteiger partial charge in [-0.2, -0.15) is 0 Å². The zero-order chi connectivity index (χ0) is 12.1. The Bertz CT molecular complexity index is 264. The van der Waals surface area contributed by atoms with Gasteiger partial charge in [0.2, 0.25) is 0 Å². The highest BCUT2D eigenvalue weighted by Crippen LogP contribution is 2.26. The van der Waals surface area contributed by atoms with Gasteiger partial charge >= 0.3 is 11.9 Å². The molecular formula is C10H16O6. The minimum Gasteiger partial charge on any atom is -0.469 e. The predicted molar refractivity (Wildman–Crippen MR) is 52.5 cm³/mol. The van der Waals surface area contributed by atoms with Crippen LogP contribution in [0, 0.1) is 0 Å². The van der Waals surface area contributed by atoms with Crippen molar-refractivity contribution in [3.8, 4) is 0 Å². The Balaban J connectivity index is 2.56. The Kier molecular flexibility index (Phi) is 4.70. The molecule has 0 aromatic carbocycles. The number of hydrogen-bond donors (Lipinski definition) is 0. The smallest absolute Gasteiger partial charge is 0.308 e. The summed E-state index contributed by atoms with van der Waals surface area (Å²) < 4.78 is 20.0. The summed E-state index contributed by atoms with van der Waals surface area (Å²) in [5, 5.41) is 0. The summed E-state index contributed by atoms with van der Waals surface area (Å²) in [6.45, 7) is 1.31. The first-order valence-electron chi connectivity index (χ1n) is 4.99. The van der Waals surface area contributed by atoms with Crippen LogP contribution in [0.1, 0.15) is 19.8 Å². The Labute approximate surface area is 93.8 Å². The fourth-order valence-corrected chi connectivity index (χ4v) is 1.60. The van der Waals surface area contributed by atoms with Crippen molar-refractivity contribution >= 4 is 11.9 Å². The molecule has 6 heteroatoms. The van der Waals surface area contributed by atoms with E-state index < -0.39 is 30.4 Å². The Hall–Kier alpha value is -1.14. The van der Waals surface area contributed by atoms with Crippen LogP contribution < -0.4 is 0 Å². The summed E-state index contributed by atoms with van der Waals surface area (Å²) in [6.07, 6.45) is -0.923. The normalized spacial score (nSPS) is 28.8. The lowest BCUT2D eigenvalue weighted by molar-refractivity contribution is -0.158. The van der Waals surface area contributed by atoms with Gasteiger partial charge in [0, 0.05) is 20.5 Å². The third-order valence-corrected chi connectivity index (χ3v) is 2.34. The Morgan fingerprint density at radius 2 is 2.06 bits per heavy atom. The van der Waals surface area contributed by atoms with Crippen LogP contribution in [0.5, 0.6) is 0 Å². The highest BCUT2D eigenvalue weighted by molar-refractivity contribution is 5.70. The molecule has 1 heterocycles. The second-order valence-electron chi connectivity index (χ2n) is 3.50. The summed E-state index contributed by atoms with van der Waals surface area (Å²) in [5.74, 6) is -0.806. The zero-order valence-electron chi connectivity index (χ0n) is 9.60. The number of carbonyl (C=O) groups is 2. The second kappa shape index (κ2) is 5.81. The van der Waals surface area contributed by atoms with E-state index in [1.165, 1.54) is 21.1 Å². The number of ether oxygens (including phenoxy) is 4. The molecule has 16 heavy (non-hydrogen) atoms. The third-order valence-electron chi connectivity index (χ3n) is 2.34. The third kappa shape index (κ3) is 3.46. The van der Waals surface area contributed by atoms with Crippen LogP contribution in [-0.2, 0) is 28.5 Å². The SMILES string of the molecule is COC(=O)C[C@H]1OC(OC)C[C@@H]1OC(C)=O. The van der Waals surface area contributed by atoms with E-state index in [4.69, 9.17) is 14.2 Å². The van der Waals surface area contributed by atoms with Crippen molar-refractivity contribution in [2.45, 2.75) is 38.3 Å². The second-order valence-corrected chi connectivity index (χ2v) is 3.50. The van der Waals surface area contributed by atoms with Gasteiger partial charge in [-0.1, -0.05) is 0 Å². The van der Waals surface area contributed by atoms with Crippen molar-refractivity contribution in [2.75, 3.05) is 14.2 Å². The van der Waals surface area contributed by atoms with Gasteiger partial charge in [-0.25, -0.2) is 0 Å². The van der Waals surface area contributed by atoms with E-state index in [-0.39, 0.29) is 6.42 Å². The average molecular weight is 232 g/mol. The van der Waals surface area contributed by atoms with Gasteiger partial charge in [-0.15, -0.1) is 0 Å². The molecule has 0 amide bonds. The Morgan fingerprint density at radius 1 is 1.38 bits per heavy atom. The van der Waals surface area contributed by atoms with Crippen LogP contribution in [0.4, 0.5) is 0 Å². The van der Waals surface area contributed by atoms with Crippen LogP contribution in [-0.4, -0.2) is 44.7 Å². The molecule has 0 N–H and O–H groups in total. The number of hydrogen-bond acceptors (Lipinski definition) is 6. The maximum atomic E-state index is 11.1. The molecule has 92 valence electrons. The Morgan fingerprint density at radius 3 is 2.56 bits per heavy atom. The van der Waals surface area contributed by atoms with Crippen LogP contribution in [0.3, 0.4) is 0 Å². The van der Waals surface area contributed by atoms with E-state index >= 15 is 0 Å². The van der Waals surface area contributed by atoms with Crippen LogP contribution in [0.15, 0.2) is 0 Å². The molecular weight excluding hydrogens is 216 g/mol. The summed E-state index contributed by atoms with van der Waals surface area (Å²) >= 11 is 0. The van der Waals surface area contributed by atoms with Crippen molar-refractivity contribution in [2.24, 2.45) is 0 Å². The van der Waals surface area contributed by atoms with Crippen molar-refractivity contribution in [1.82, 2.24) is 0 Å². The molecule has 0 radical (unpaired) electrons. The predicted octanol–water partition coefficient (Wildman–Crippen LogP) is 0.243. The fourth-order valence-electron chi connectivity index (χ4n) is 1.60. The maximum Gasteiger partial charge on any atom is 0.308 e. The number of carbonyl (C=O) groups excluding carboxylic acids is 2. The molecule has 0 saturated carbocycles. The summed E-state index contributed by atoms with van der Waals surface area (Å²) in [6, 6.07) is 0. The topological polar surface area (TPSA) is 71.1 Å². The standard InChI is InChI=1S/C10H16O6/c1-6(11)15-8-5-10(14-3)16-7(8)4-9(12)13-2/h7-8,10H,4-5H2,1-3H3/t7-,8+,10?/m1/s1. The molecule has 3 atom stereocenters. The average Bonchev–Trinajstić information content (AvgIpc) is 2.60. The first-order chi connectivity index (χ1) is 7.56. The number of rotatable bonds is 4. The lowest BCUT2D eigenvalue weighted by atomic mass is 10.1. The molecule has 1 saturated heterocycles. The van der Waals surface area contributed by atoms with Gasteiger partial charge in [-0.3, -0.25) is 9.59 Å². The van der Waals surface area contributed by atoms with E-state index in [1.807, 2.05) is 0 Å². The van der Waals surface area contributed by atoms with E-state index in [0.29, 0.717) is 6.42 Å². The first kappa shape index (κ1) is 12.9. The largest absolute Gasteiger partial charge is 0.469 e. The van der Waals surface area contributed by atoms with Gasteiger partial charge in [0.25, 0.3) is 0 Å². The van der Waals surface area contributed by atoms with E-state index in [2.05, 4.69) is 4.74 Å². The number of esters is 2. The molecule has 0 aliphatic carbocycles. The monoisotopic (exact) mass is 232 g/mol.